The van der Waals surface area contributed by atoms with Gasteiger partial charge in [-0.25, -0.2) is 0 Å². The smallest absolute Gasteiger partial charge is 0.126 e. The second-order valence-electron chi connectivity index (χ2n) is 5.76. The van der Waals surface area contributed by atoms with Crippen LogP contribution >= 0.6 is 15.9 Å². The van der Waals surface area contributed by atoms with E-state index in [1.54, 1.807) is 0 Å². The number of fused-ring (bicyclic) bond motifs is 1. The van der Waals surface area contributed by atoms with E-state index in [2.05, 4.69) is 29.8 Å². The number of aliphatic hydroxyl groups is 1. The molecule has 2 unspecified atom stereocenters. The third-order valence-corrected chi connectivity index (χ3v) is 4.36. The van der Waals surface area contributed by atoms with Gasteiger partial charge in [0.15, 0.2) is 0 Å². The molecule has 0 saturated heterocycles. The molecule has 2 rings (SSSR count). The quantitative estimate of drug-likeness (QED) is 0.772. The summed E-state index contributed by atoms with van der Waals surface area (Å²) in [6.07, 6.45) is 6.22. The molecule has 3 heteroatoms. The Kier molecular flexibility index (Phi) is 4.91. The number of unbranched alkanes of at least 4 members (excludes halogenated alkanes) is 3. The lowest BCUT2D eigenvalue weighted by atomic mass is 9.86. The number of hydrogen-bond acceptors (Lipinski definition) is 2. The van der Waals surface area contributed by atoms with E-state index in [9.17, 15) is 5.11 Å². The number of rotatable bonds is 5. The van der Waals surface area contributed by atoms with Gasteiger partial charge in [-0.1, -0.05) is 42.1 Å². The molecule has 2 nitrogen and oxygen atoms in total. The van der Waals surface area contributed by atoms with Crippen molar-refractivity contribution in [2.45, 2.75) is 64.1 Å². The first-order valence-electron chi connectivity index (χ1n) is 7.20. The average molecular weight is 327 g/mol. The first-order chi connectivity index (χ1) is 9.04. The van der Waals surface area contributed by atoms with Crippen molar-refractivity contribution in [1.82, 2.24) is 0 Å². The summed E-state index contributed by atoms with van der Waals surface area (Å²) in [7, 11) is 0. The Morgan fingerprint density at radius 2 is 2.16 bits per heavy atom. The van der Waals surface area contributed by atoms with Crippen molar-refractivity contribution in [2.24, 2.45) is 0 Å². The van der Waals surface area contributed by atoms with Crippen LogP contribution in [0.3, 0.4) is 0 Å². The molecule has 0 aliphatic carbocycles. The highest BCUT2D eigenvalue weighted by Crippen LogP contribution is 2.42. The fraction of sp³-hybridized carbons (Fsp3) is 0.625. The molecule has 1 aromatic carbocycles. The monoisotopic (exact) mass is 326 g/mol. The Morgan fingerprint density at radius 1 is 1.37 bits per heavy atom. The van der Waals surface area contributed by atoms with Crippen LogP contribution < -0.4 is 4.74 Å². The van der Waals surface area contributed by atoms with E-state index in [1.165, 1.54) is 25.7 Å². The molecule has 106 valence electrons. The van der Waals surface area contributed by atoms with Gasteiger partial charge < -0.3 is 9.84 Å². The number of benzene rings is 1. The predicted molar refractivity (Wildman–Crippen MR) is 81.5 cm³/mol. The van der Waals surface area contributed by atoms with Gasteiger partial charge in [0.05, 0.1) is 6.10 Å². The molecule has 1 aliphatic rings. The van der Waals surface area contributed by atoms with E-state index in [4.69, 9.17) is 4.74 Å². The maximum atomic E-state index is 10.3. The van der Waals surface area contributed by atoms with Crippen molar-refractivity contribution in [2.75, 3.05) is 0 Å². The van der Waals surface area contributed by atoms with Crippen LogP contribution in [0.1, 0.15) is 64.0 Å². The molecule has 0 radical (unpaired) electrons. The Labute approximate surface area is 124 Å². The van der Waals surface area contributed by atoms with E-state index in [-0.39, 0.29) is 5.60 Å². The van der Waals surface area contributed by atoms with Gasteiger partial charge >= 0.3 is 0 Å². The van der Waals surface area contributed by atoms with Crippen LogP contribution in [-0.4, -0.2) is 10.7 Å². The van der Waals surface area contributed by atoms with Crippen LogP contribution in [0, 0.1) is 0 Å². The molecule has 0 saturated carbocycles. The van der Waals surface area contributed by atoms with Gasteiger partial charge in [0.1, 0.15) is 11.4 Å². The topological polar surface area (TPSA) is 29.5 Å². The minimum absolute atomic E-state index is 0.228. The summed E-state index contributed by atoms with van der Waals surface area (Å²) in [6, 6.07) is 5.87. The third-order valence-electron chi connectivity index (χ3n) is 3.87. The SMILES string of the molecule is CCCCCCC1(C)CC(O)c2cc(Br)ccc2O1. The van der Waals surface area contributed by atoms with E-state index in [1.807, 2.05) is 18.2 Å². The summed E-state index contributed by atoms with van der Waals surface area (Å²) in [5, 5.41) is 10.3. The summed E-state index contributed by atoms with van der Waals surface area (Å²) in [6.45, 7) is 4.34. The second kappa shape index (κ2) is 6.27. The summed E-state index contributed by atoms with van der Waals surface area (Å²) >= 11 is 3.44. The first-order valence-corrected chi connectivity index (χ1v) is 8.00. The van der Waals surface area contributed by atoms with Gasteiger partial charge in [0, 0.05) is 16.5 Å². The van der Waals surface area contributed by atoms with Crippen LogP contribution in [0.2, 0.25) is 0 Å². The van der Waals surface area contributed by atoms with Gasteiger partial charge in [0.2, 0.25) is 0 Å². The predicted octanol–water partition coefficient (Wildman–Crippen LogP) is 4.99. The molecular weight excluding hydrogens is 304 g/mol. The molecule has 0 bridgehead atoms. The molecule has 19 heavy (non-hydrogen) atoms. The lowest BCUT2D eigenvalue weighted by molar-refractivity contribution is -0.00852. The standard InChI is InChI=1S/C16H23BrO2/c1-3-4-5-6-9-16(2)11-14(18)13-10-12(17)7-8-15(13)19-16/h7-8,10,14,18H,3-6,9,11H2,1-2H3. The molecule has 1 N–H and O–H groups in total. The van der Waals surface area contributed by atoms with Crippen molar-refractivity contribution >= 4 is 15.9 Å². The van der Waals surface area contributed by atoms with Gasteiger partial charge in [0.25, 0.3) is 0 Å². The van der Waals surface area contributed by atoms with Gasteiger partial charge in [-0.15, -0.1) is 0 Å². The van der Waals surface area contributed by atoms with Gasteiger partial charge in [-0.2, -0.15) is 0 Å². The van der Waals surface area contributed by atoms with Gasteiger partial charge in [-0.3, -0.25) is 0 Å². The van der Waals surface area contributed by atoms with Crippen LogP contribution in [0.5, 0.6) is 5.75 Å². The highest BCUT2D eigenvalue weighted by molar-refractivity contribution is 9.10. The second-order valence-corrected chi connectivity index (χ2v) is 6.68. The highest BCUT2D eigenvalue weighted by Gasteiger charge is 2.36. The summed E-state index contributed by atoms with van der Waals surface area (Å²) in [5.41, 5.74) is 0.675. The summed E-state index contributed by atoms with van der Waals surface area (Å²) < 4.78 is 7.13. The number of aliphatic hydroxyl groups excluding tert-OH is 1. The highest BCUT2D eigenvalue weighted by atomic mass is 79.9. The Morgan fingerprint density at radius 3 is 2.89 bits per heavy atom. The number of hydrogen-bond donors (Lipinski definition) is 1. The van der Waals surface area contributed by atoms with Crippen molar-refractivity contribution in [3.63, 3.8) is 0 Å². The molecule has 0 amide bonds. The Bertz CT molecular complexity index is 433. The lowest BCUT2D eigenvalue weighted by Crippen LogP contribution is -2.38. The molecule has 2 atom stereocenters. The molecule has 1 aliphatic heterocycles. The number of halogens is 1. The van der Waals surface area contributed by atoms with Crippen LogP contribution in [-0.2, 0) is 0 Å². The van der Waals surface area contributed by atoms with Crippen molar-refractivity contribution < 1.29 is 9.84 Å². The third kappa shape index (κ3) is 3.73. The average Bonchev–Trinajstić information content (AvgIpc) is 2.36. The largest absolute Gasteiger partial charge is 0.487 e. The molecular formula is C16H23BrO2. The zero-order valence-corrected chi connectivity index (χ0v) is 13.4. The molecule has 0 fully saturated rings. The maximum absolute atomic E-state index is 10.3. The molecule has 1 aromatic rings. The Hall–Kier alpha value is -0.540. The minimum atomic E-state index is -0.419. The molecule has 0 aromatic heterocycles. The zero-order valence-electron chi connectivity index (χ0n) is 11.8. The van der Waals surface area contributed by atoms with Crippen LogP contribution in [0.25, 0.3) is 0 Å². The summed E-state index contributed by atoms with van der Waals surface area (Å²) in [4.78, 5) is 0. The van der Waals surface area contributed by atoms with Crippen molar-refractivity contribution in [1.29, 1.82) is 0 Å². The minimum Gasteiger partial charge on any atom is -0.487 e. The summed E-state index contributed by atoms with van der Waals surface area (Å²) in [5.74, 6) is 0.833. The van der Waals surface area contributed by atoms with Crippen molar-refractivity contribution in [3.05, 3.63) is 28.2 Å². The first kappa shape index (κ1) is 14.9. The van der Waals surface area contributed by atoms with E-state index in [0.29, 0.717) is 6.42 Å². The van der Waals surface area contributed by atoms with Crippen LogP contribution in [0.4, 0.5) is 0 Å². The van der Waals surface area contributed by atoms with Crippen LogP contribution in [0.15, 0.2) is 22.7 Å². The molecule has 0 spiro atoms. The fourth-order valence-corrected chi connectivity index (χ4v) is 3.16. The normalized spacial score (nSPS) is 25.8. The maximum Gasteiger partial charge on any atom is 0.126 e. The fourth-order valence-electron chi connectivity index (χ4n) is 2.78. The number of ether oxygens (including phenoxy) is 1. The Balaban J connectivity index is 2.04. The van der Waals surface area contributed by atoms with E-state index < -0.39 is 6.10 Å². The van der Waals surface area contributed by atoms with E-state index >= 15 is 0 Å². The lowest BCUT2D eigenvalue weighted by Gasteiger charge is -2.38. The van der Waals surface area contributed by atoms with Crippen molar-refractivity contribution in [3.8, 4) is 5.75 Å². The van der Waals surface area contributed by atoms with E-state index in [0.717, 1.165) is 22.2 Å². The van der Waals surface area contributed by atoms with Gasteiger partial charge in [-0.05, 0) is 38.0 Å². The zero-order chi connectivity index (χ0) is 13.9. The molecule has 1 heterocycles.